The topological polar surface area (TPSA) is 44.4 Å². The number of fused-ring (bicyclic) bond motifs is 1. The van der Waals surface area contributed by atoms with E-state index in [0.717, 1.165) is 11.1 Å². The molecule has 1 atom stereocenters. The van der Waals surface area contributed by atoms with Gasteiger partial charge in [0, 0.05) is 19.6 Å². The number of carbonyl (C=O) groups excluding carboxylic acids is 1. The van der Waals surface area contributed by atoms with E-state index in [1.54, 1.807) is 6.07 Å². The summed E-state index contributed by atoms with van der Waals surface area (Å²) in [6.45, 7) is 0.640. The highest BCUT2D eigenvalue weighted by Gasteiger charge is 2.44. The number of likely N-dealkylation sites (N-methyl/N-ethyl adjacent to an activating group) is 1. The third-order valence-electron chi connectivity index (χ3n) is 5.72. The van der Waals surface area contributed by atoms with Crippen LogP contribution in [0.4, 0.5) is 26.3 Å². The lowest BCUT2D eigenvalue weighted by Crippen LogP contribution is -2.54. The largest absolute Gasteiger partial charge is 0.416 e. The summed E-state index contributed by atoms with van der Waals surface area (Å²) in [5.74, 6) is -0.489. The van der Waals surface area contributed by atoms with Crippen LogP contribution in [0.2, 0.25) is 0 Å². The summed E-state index contributed by atoms with van der Waals surface area (Å²) >= 11 is 0. The highest BCUT2D eigenvalue weighted by atomic mass is 19.4. The quantitative estimate of drug-likeness (QED) is 0.589. The Hall–Kier alpha value is -2.59. The molecule has 0 radical (unpaired) electrons. The van der Waals surface area contributed by atoms with Crippen molar-refractivity contribution in [2.75, 3.05) is 27.2 Å². The number of amides is 1. The van der Waals surface area contributed by atoms with Gasteiger partial charge in [-0.3, -0.25) is 10.1 Å². The Bertz CT molecular complexity index is 970. The summed E-state index contributed by atoms with van der Waals surface area (Å²) in [5, 5.41) is 5.84. The van der Waals surface area contributed by atoms with Gasteiger partial charge in [-0.2, -0.15) is 26.3 Å². The van der Waals surface area contributed by atoms with Crippen LogP contribution >= 0.6 is 0 Å². The summed E-state index contributed by atoms with van der Waals surface area (Å²) in [6.07, 6.45) is -8.83. The van der Waals surface area contributed by atoms with Crippen LogP contribution in [0.5, 0.6) is 0 Å². The van der Waals surface area contributed by atoms with Crippen LogP contribution < -0.4 is 10.6 Å². The molecule has 0 saturated heterocycles. The van der Waals surface area contributed by atoms with Gasteiger partial charge in [0.2, 0.25) is 5.91 Å². The molecule has 0 fully saturated rings. The van der Waals surface area contributed by atoms with E-state index in [9.17, 15) is 31.1 Å². The second kappa shape index (κ2) is 9.34. The minimum absolute atomic E-state index is 0.0723. The molecular weight excluding hydrogens is 448 g/mol. The Kier molecular flexibility index (Phi) is 7.09. The lowest BCUT2D eigenvalue weighted by Gasteiger charge is -2.31. The maximum atomic E-state index is 13.3. The van der Waals surface area contributed by atoms with Crippen molar-refractivity contribution < 1.29 is 31.1 Å². The molecule has 4 nitrogen and oxygen atoms in total. The standard InChI is InChI=1S/C23H25F6N3O/c1-32(2)10-9-31-21(8-7-16-5-3-4-6-19(16)21)20(33)30-14-15-11-17(22(24,25)26)13-18(12-15)23(27,28)29/h3-6,11-13,31H,7-10,14H2,1-2H3,(H,30,33). The molecule has 2 aromatic carbocycles. The van der Waals surface area contributed by atoms with Gasteiger partial charge in [0.1, 0.15) is 5.54 Å². The minimum atomic E-state index is -4.95. The van der Waals surface area contributed by atoms with E-state index in [0.29, 0.717) is 38.1 Å². The van der Waals surface area contributed by atoms with Gasteiger partial charge >= 0.3 is 12.4 Å². The summed E-state index contributed by atoms with van der Waals surface area (Å²) in [4.78, 5) is 15.2. The molecule has 2 N–H and O–H groups in total. The number of nitrogens with zero attached hydrogens (tertiary/aromatic N) is 1. The molecule has 1 aliphatic rings. The van der Waals surface area contributed by atoms with Crippen molar-refractivity contribution in [3.05, 3.63) is 70.3 Å². The smallest absolute Gasteiger partial charge is 0.350 e. The number of carbonyl (C=O) groups is 1. The van der Waals surface area contributed by atoms with Crippen LogP contribution in [0.25, 0.3) is 0 Å². The van der Waals surface area contributed by atoms with Crippen molar-refractivity contribution in [3.8, 4) is 0 Å². The Labute approximate surface area is 188 Å². The normalized spacial score (nSPS) is 18.5. The van der Waals surface area contributed by atoms with Crippen molar-refractivity contribution in [3.63, 3.8) is 0 Å². The fraction of sp³-hybridized carbons (Fsp3) is 0.435. The van der Waals surface area contributed by atoms with E-state index >= 15 is 0 Å². The van der Waals surface area contributed by atoms with Gasteiger partial charge in [-0.1, -0.05) is 24.3 Å². The number of alkyl halides is 6. The van der Waals surface area contributed by atoms with Crippen LogP contribution in [-0.4, -0.2) is 38.0 Å². The number of hydrogen-bond acceptors (Lipinski definition) is 3. The van der Waals surface area contributed by atoms with Crippen LogP contribution in [0.1, 0.15) is 34.2 Å². The van der Waals surface area contributed by atoms with Crippen LogP contribution in [-0.2, 0) is 35.7 Å². The maximum Gasteiger partial charge on any atom is 0.416 e. The average molecular weight is 473 g/mol. The predicted molar refractivity (Wildman–Crippen MR) is 111 cm³/mol. The fourth-order valence-electron chi connectivity index (χ4n) is 4.06. The van der Waals surface area contributed by atoms with Crippen molar-refractivity contribution in [2.24, 2.45) is 0 Å². The predicted octanol–water partition coefficient (Wildman–Crippen LogP) is 4.33. The Morgan fingerprint density at radius 2 is 1.61 bits per heavy atom. The lowest BCUT2D eigenvalue weighted by atomic mass is 9.90. The molecule has 180 valence electrons. The van der Waals surface area contributed by atoms with Crippen molar-refractivity contribution >= 4 is 5.91 Å². The zero-order valence-corrected chi connectivity index (χ0v) is 18.2. The molecule has 1 aliphatic carbocycles. The Morgan fingerprint density at radius 1 is 1.00 bits per heavy atom. The molecule has 1 unspecified atom stereocenters. The molecular formula is C23H25F6N3O. The molecule has 0 aromatic heterocycles. The van der Waals surface area contributed by atoms with E-state index in [4.69, 9.17) is 0 Å². The monoisotopic (exact) mass is 473 g/mol. The third kappa shape index (κ3) is 5.67. The summed E-state index contributed by atoms with van der Waals surface area (Å²) in [7, 11) is 3.76. The van der Waals surface area contributed by atoms with E-state index in [1.807, 2.05) is 37.2 Å². The zero-order valence-electron chi connectivity index (χ0n) is 18.2. The maximum absolute atomic E-state index is 13.3. The first-order chi connectivity index (χ1) is 15.3. The number of aryl methyl sites for hydroxylation is 1. The first-order valence-corrected chi connectivity index (χ1v) is 10.4. The summed E-state index contributed by atoms with van der Waals surface area (Å²) in [6, 6.07) is 8.70. The second-order valence-electron chi connectivity index (χ2n) is 8.39. The molecule has 33 heavy (non-hydrogen) atoms. The summed E-state index contributed by atoms with van der Waals surface area (Å²) in [5.41, 5.74) is -2.47. The van der Waals surface area contributed by atoms with Crippen LogP contribution in [0.3, 0.4) is 0 Å². The number of hydrogen-bond donors (Lipinski definition) is 2. The van der Waals surface area contributed by atoms with Crippen LogP contribution in [0, 0.1) is 0 Å². The van der Waals surface area contributed by atoms with Gasteiger partial charge in [-0.05, 0) is 61.8 Å². The zero-order chi connectivity index (χ0) is 24.4. The van der Waals surface area contributed by atoms with Gasteiger partial charge in [0.15, 0.2) is 0 Å². The number of nitrogens with one attached hydrogen (secondary N) is 2. The van der Waals surface area contributed by atoms with Crippen molar-refractivity contribution in [1.29, 1.82) is 0 Å². The van der Waals surface area contributed by atoms with E-state index in [1.165, 1.54) is 0 Å². The van der Waals surface area contributed by atoms with Gasteiger partial charge in [0.25, 0.3) is 0 Å². The van der Waals surface area contributed by atoms with E-state index in [2.05, 4.69) is 10.6 Å². The first kappa shape index (κ1) is 25.0. The number of halogens is 6. The molecule has 0 bridgehead atoms. The van der Waals surface area contributed by atoms with E-state index in [-0.39, 0.29) is 11.6 Å². The number of benzene rings is 2. The molecule has 0 spiro atoms. The van der Waals surface area contributed by atoms with E-state index < -0.39 is 41.5 Å². The molecule has 2 aromatic rings. The second-order valence-corrected chi connectivity index (χ2v) is 8.39. The van der Waals surface area contributed by atoms with Gasteiger partial charge in [-0.25, -0.2) is 0 Å². The minimum Gasteiger partial charge on any atom is -0.350 e. The Balaban J connectivity index is 1.87. The molecule has 10 heteroatoms. The highest BCUT2D eigenvalue weighted by Crippen LogP contribution is 2.38. The Morgan fingerprint density at radius 3 is 2.18 bits per heavy atom. The average Bonchev–Trinajstić information content (AvgIpc) is 3.10. The molecule has 0 aliphatic heterocycles. The lowest BCUT2D eigenvalue weighted by molar-refractivity contribution is -0.143. The summed E-state index contributed by atoms with van der Waals surface area (Å²) < 4.78 is 78.9. The highest BCUT2D eigenvalue weighted by molar-refractivity contribution is 5.89. The van der Waals surface area contributed by atoms with Gasteiger partial charge < -0.3 is 10.2 Å². The van der Waals surface area contributed by atoms with Gasteiger partial charge in [0.05, 0.1) is 11.1 Å². The molecule has 0 heterocycles. The SMILES string of the molecule is CN(C)CCNC1(C(=O)NCc2cc(C(F)(F)F)cc(C(F)(F)F)c2)CCc2ccccc21. The van der Waals surface area contributed by atoms with Crippen molar-refractivity contribution in [1.82, 2.24) is 15.5 Å². The van der Waals surface area contributed by atoms with Crippen LogP contribution in [0.15, 0.2) is 42.5 Å². The molecule has 1 amide bonds. The van der Waals surface area contributed by atoms with Gasteiger partial charge in [-0.15, -0.1) is 0 Å². The molecule has 0 saturated carbocycles. The number of rotatable bonds is 7. The third-order valence-corrected chi connectivity index (χ3v) is 5.72. The first-order valence-electron chi connectivity index (χ1n) is 10.4. The molecule has 3 rings (SSSR count). The fourth-order valence-corrected chi connectivity index (χ4v) is 4.06. The van der Waals surface area contributed by atoms with Crippen molar-refractivity contribution in [2.45, 2.75) is 37.3 Å².